The molecule has 0 heterocycles. The van der Waals surface area contributed by atoms with Crippen LogP contribution in [-0.2, 0) is 10.1 Å². The van der Waals surface area contributed by atoms with Gasteiger partial charge in [0.1, 0.15) is 5.67 Å². The molecule has 4 fully saturated rings. The lowest BCUT2D eigenvalue weighted by Gasteiger charge is -2.59. The van der Waals surface area contributed by atoms with Crippen LogP contribution in [0.25, 0.3) is 0 Å². The first kappa shape index (κ1) is 13.8. The minimum Gasteiger partial charge on any atom is -0.748 e. The minimum atomic E-state index is -4.09. The van der Waals surface area contributed by atoms with E-state index in [4.69, 9.17) is 0 Å². The second-order valence-corrected chi connectivity index (χ2v) is 8.85. The average Bonchev–Trinajstić information content (AvgIpc) is 2.19. The molecule has 0 aromatic rings. The molecule has 0 aromatic carbocycles. The van der Waals surface area contributed by atoms with E-state index in [0.717, 1.165) is 38.5 Å². The van der Waals surface area contributed by atoms with Gasteiger partial charge >= 0.3 is 0 Å². The standard InChI is InChI=1S/C14H23FO3S/c15-14-8-11-5-12(9-14)7-13(6-11,10-14)3-1-2-4-19(16,17)18/h11-12H,1-10H2,(H,16,17,18)/p-1. The number of hydrogen-bond acceptors (Lipinski definition) is 3. The summed E-state index contributed by atoms with van der Waals surface area (Å²) in [5, 5.41) is 0. The first-order chi connectivity index (χ1) is 8.78. The highest BCUT2D eigenvalue weighted by Gasteiger charge is 2.57. The Morgan fingerprint density at radius 3 is 2.26 bits per heavy atom. The van der Waals surface area contributed by atoms with Gasteiger partial charge in [-0.1, -0.05) is 6.42 Å². The highest BCUT2D eigenvalue weighted by molar-refractivity contribution is 7.85. The van der Waals surface area contributed by atoms with Crippen LogP contribution < -0.4 is 0 Å². The summed E-state index contributed by atoms with van der Waals surface area (Å²) in [5.74, 6) is 0.834. The summed E-state index contributed by atoms with van der Waals surface area (Å²) < 4.78 is 46.5. The Kier molecular flexibility index (Phi) is 3.21. The van der Waals surface area contributed by atoms with Gasteiger partial charge in [-0.05, 0) is 68.6 Å². The zero-order valence-electron chi connectivity index (χ0n) is 11.2. The van der Waals surface area contributed by atoms with E-state index in [0.29, 0.717) is 24.7 Å². The summed E-state index contributed by atoms with van der Waals surface area (Å²) in [6.45, 7) is 0. The highest BCUT2D eigenvalue weighted by atomic mass is 32.2. The molecule has 0 N–H and O–H groups in total. The van der Waals surface area contributed by atoms with Crippen molar-refractivity contribution < 1.29 is 17.4 Å². The van der Waals surface area contributed by atoms with Gasteiger partial charge in [0.05, 0.1) is 10.1 Å². The van der Waals surface area contributed by atoms with Crippen molar-refractivity contribution in [2.75, 3.05) is 5.75 Å². The predicted molar refractivity (Wildman–Crippen MR) is 69.4 cm³/mol. The van der Waals surface area contributed by atoms with Crippen LogP contribution in [0, 0.1) is 17.3 Å². The van der Waals surface area contributed by atoms with Crippen LogP contribution in [0.15, 0.2) is 0 Å². The normalized spacial score (nSPS) is 44.7. The van der Waals surface area contributed by atoms with E-state index in [9.17, 15) is 17.4 Å². The fourth-order valence-corrected chi connectivity index (χ4v) is 5.96. The molecule has 4 aliphatic rings. The van der Waals surface area contributed by atoms with Crippen LogP contribution in [0.1, 0.15) is 57.8 Å². The van der Waals surface area contributed by atoms with Gasteiger partial charge < -0.3 is 4.55 Å². The lowest BCUT2D eigenvalue weighted by atomic mass is 9.47. The lowest BCUT2D eigenvalue weighted by Crippen LogP contribution is -2.53. The zero-order valence-corrected chi connectivity index (χ0v) is 12.1. The van der Waals surface area contributed by atoms with E-state index in [2.05, 4.69) is 0 Å². The largest absolute Gasteiger partial charge is 0.748 e. The van der Waals surface area contributed by atoms with Crippen LogP contribution in [0.2, 0.25) is 0 Å². The SMILES string of the molecule is O=S(=O)([O-])CCCCC12CC3CC(CC(F)(C3)C1)C2. The summed E-state index contributed by atoms with van der Waals surface area (Å²) in [7, 11) is -4.09. The van der Waals surface area contributed by atoms with E-state index in [1.54, 1.807) is 0 Å². The second-order valence-electron chi connectivity index (χ2n) is 7.33. The fraction of sp³-hybridized carbons (Fsp3) is 1.00. The first-order valence-electron chi connectivity index (χ1n) is 7.40. The molecule has 2 unspecified atom stereocenters. The Morgan fingerprint density at radius 1 is 1.11 bits per heavy atom. The summed E-state index contributed by atoms with van der Waals surface area (Å²) in [6, 6.07) is 0. The van der Waals surface area contributed by atoms with E-state index in [1.807, 2.05) is 0 Å². The van der Waals surface area contributed by atoms with Crippen molar-refractivity contribution in [3.8, 4) is 0 Å². The first-order valence-corrected chi connectivity index (χ1v) is 8.98. The average molecular weight is 289 g/mol. The molecule has 4 rings (SSSR count). The Balaban J connectivity index is 1.58. The van der Waals surface area contributed by atoms with Crippen molar-refractivity contribution >= 4 is 10.1 Å². The fourth-order valence-electron chi connectivity index (χ4n) is 5.41. The van der Waals surface area contributed by atoms with Gasteiger partial charge in [0, 0.05) is 5.75 Å². The third-order valence-corrected chi connectivity index (χ3v) is 6.25. The summed E-state index contributed by atoms with van der Waals surface area (Å²) in [4.78, 5) is 0. The molecular weight excluding hydrogens is 267 g/mol. The van der Waals surface area contributed by atoms with E-state index in [1.165, 1.54) is 6.42 Å². The van der Waals surface area contributed by atoms with Crippen molar-refractivity contribution in [1.82, 2.24) is 0 Å². The highest BCUT2D eigenvalue weighted by Crippen LogP contribution is 2.64. The Hall–Kier alpha value is -0.160. The molecule has 4 saturated carbocycles. The lowest BCUT2D eigenvalue weighted by molar-refractivity contribution is -0.126. The smallest absolute Gasteiger partial charge is 0.112 e. The minimum absolute atomic E-state index is 0.117. The van der Waals surface area contributed by atoms with Gasteiger partial charge in [-0.3, -0.25) is 0 Å². The molecule has 4 bridgehead atoms. The molecular formula is C14H22FO3S-. The Bertz CT molecular complexity index is 445. The van der Waals surface area contributed by atoms with Crippen LogP contribution >= 0.6 is 0 Å². The molecule has 2 atom stereocenters. The van der Waals surface area contributed by atoms with Crippen molar-refractivity contribution in [1.29, 1.82) is 0 Å². The van der Waals surface area contributed by atoms with Gasteiger partial charge in [-0.25, -0.2) is 12.8 Å². The van der Waals surface area contributed by atoms with Gasteiger partial charge in [-0.15, -0.1) is 0 Å². The number of rotatable bonds is 5. The molecule has 5 heteroatoms. The maximum absolute atomic E-state index is 14.7. The number of unbranched alkanes of at least 4 members (excludes halogenated alkanes) is 1. The van der Waals surface area contributed by atoms with Crippen molar-refractivity contribution in [2.45, 2.75) is 63.5 Å². The van der Waals surface area contributed by atoms with Crippen LogP contribution in [0.5, 0.6) is 0 Å². The zero-order chi connectivity index (χ0) is 13.7. The van der Waals surface area contributed by atoms with E-state index < -0.39 is 15.8 Å². The molecule has 0 radical (unpaired) electrons. The third-order valence-electron chi connectivity index (χ3n) is 5.46. The number of alkyl halides is 1. The summed E-state index contributed by atoms with van der Waals surface area (Å²) in [6.07, 6.45) is 7.71. The number of hydrogen-bond donors (Lipinski definition) is 0. The van der Waals surface area contributed by atoms with Crippen molar-refractivity contribution in [2.24, 2.45) is 17.3 Å². The molecule has 110 valence electrons. The maximum atomic E-state index is 14.7. The quantitative estimate of drug-likeness (QED) is 0.577. The van der Waals surface area contributed by atoms with E-state index in [-0.39, 0.29) is 11.2 Å². The number of halogens is 1. The molecule has 0 aromatic heterocycles. The monoisotopic (exact) mass is 289 g/mol. The maximum Gasteiger partial charge on any atom is 0.112 e. The van der Waals surface area contributed by atoms with E-state index >= 15 is 0 Å². The molecule has 4 aliphatic carbocycles. The predicted octanol–water partition coefficient (Wildman–Crippen LogP) is 3.01. The van der Waals surface area contributed by atoms with Gasteiger partial charge in [0.2, 0.25) is 0 Å². The second kappa shape index (κ2) is 4.42. The molecule has 0 amide bonds. The molecule has 0 spiro atoms. The molecule has 0 aliphatic heterocycles. The molecule has 19 heavy (non-hydrogen) atoms. The third kappa shape index (κ3) is 2.97. The molecule has 0 saturated heterocycles. The Morgan fingerprint density at radius 2 is 1.74 bits per heavy atom. The van der Waals surface area contributed by atoms with Crippen molar-refractivity contribution in [3.05, 3.63) is 0 Å². The van der Waals surface area contributed by atoms with Crippen LogP contribution in [0.4, 0.5) is 4.39 Å². The summed E-state index contributed by atoms with van der Waals surface area (Å²) >= 11 is 0. The van der Waals surface area contributed by atoms with Crippen LogP contribution in [-0.4, -0.2) is 24.4 Å². The van der Waals surface area contributed by atoms with Gasteiger partial charge in [-0.2, -0.15) is 0 Å². The topological polar surface area (TPSA) is 57.2 Å². The summed E-state index contributed by atoms with van der Waals surface area (Å²) in [5.41, 5.74) is -0.819. The Labute approximate surface area is 114 Å². The van der Waals surface area contributed by atoms with Gasteiger partial charge in [0.15, 0.2) is 0 Å². The van der Waals surface area contributed by atoms with Gasteiger partial charge in [0.25, 0.3) is 0 Å². The van der Waals surface area contributed by atoms with Crippen LogP contribution in [0.3, 0.4) is 0 Å². The molecule has 3 nitrogen and oxygen atoms in total. The van der Waals surface area contributed by atoms with Crippen molar-refractivity contribution in [3.63, 3.8) is 0 Å².